The SMILES string of the molecule is COC(=O)c1cn[14c](OC)nc1. The average molecular weight is 170 g/mol. The predicted molar refractivity (Wildman–Crippen MR) is 39.9 cm³/mol. The van der Waals surface area contributed by atoms with Crippen molar-refractivity contribution in [3.05, 3.63) is 18.0 Å². The maximum absolute atomic E-state index is 10.9. The lowest BCUT2D eigenvalue weighted by atomic mass is 10.4. The van der Waals surface area contributed by atoms with Gasteiger partial charge in [0.15, 0.2) is 0 Å². The molecule has 0 N–H and O–H groups in total. The minimum Gasteiger partial charge on any atom is -0.467 e. The van der Waals surface area contributed by atoms with Crippen LogP contribution in [0.25, 0.3) is 0 Å². The zero-order valence-electron chi connectivity index (χ0n) is 6.77. The summed E-state index contributed by atoms with van der Waals surface area (Å²) in [6.45, 7) is 0. The number of carbonyl (C=O) groups is 1. The number of hydrogen-bond donors (Lipinski definition) is 0. The lowest BCUT2D eigenvalue weighted by molar-refractivity contribution is 0.0599. The molecule has 0 fully saturated rings. The third-order valence-electron chi connectivity index (χ3n) is 1.23. The Kier molecular flexibility index (Phi) is 2.57. The number of hydrogen-bond acceptors (Lipinski definition) is 5. The molecule has 0 amide bonds. The number of aromatic nitrogens is 2. The molecular formula is C7H8N2O3. The third-order valence-corrected chi connectivity index (χ3v) is 1.23. The lowest BCUT2D eigenvalue weighted by Crippen LogP contribution is -2.03. The minimum atomic E-state index is -0.461. The van der Waals surface area contributed by atoms with Crippen LogP contribution in [0.2, 0.25) is 0 Å². The Labute approximate surface area is 69.4 Å². The maximum Gasteiger partial charge on any atom is 0.341 e. The fourth-order valence-corrected chi connectivity index (χ4v) is 0.645. The molecule has 5 nitrogen and oxygen atoms in total. The molecule has 0 aliphatic rings. The molecular weight excluding hydrogens is 162 g/mol. The van der Waals surface area contributed by atoms with Gasteiger partial charge in [-0.15, -0.1) is 0 Å². The van der Waals surface area contributed by atoms with Gasteiger partial charge in [0.2, 0.25) is 0 Å². The van der Waals surface area contributed by atoms with Crippen molar-refractivity contribution in [3.8, 4) is 6.01 Å². The zero-order chi connectivity index (χ0) is 8.97. The molecule has 5 heteroatoms. The topological polar surface area (TPSA) is 61.3 Å². The van der Waals surface area contributed by atoms with Crippen LogP contribution in [0.4, 0.5) is 0 Å². The van der Waals surface area contributed by atoms with Crippen LogP contribution in [0.5, 0.6) is 6.01 Å². The second-order valence-electron chi connectivity index (χ2n) is 1.95. The highest BCUT2D eigenvalue weighted by atomic mass is 16.7. The summed E-state index contributed by atoms with van der Waals surface area (Å²) in [5, 5.41) is 0. The van der Waals surface area contributed by atoms with Crippen molar-refractivity contribution in [1.29, 1.82) is 0 Å². The first-order valence-electron chi connectivity index (χ1n) is 3.22. The van der Waals surface area contributed by atoms with Gasteiger partial charge in [-0.2, -0.15) is 0 Å². The molecule has 64 valence electrons. The predicted octanol–water partition coefficient (Wildman–Crippen LogP) is 0.272. The van der Waals surface area contributed by atoms with Gasteiger partial charge < -0.3 is 9.47 Å². The molecule has 0 aromatic carbocycles. The zero-order valence-corrected chi connectivity index (χ0v) is 6.77. The monoisotopic (exact) mass is 170 g/mol. The number of methoxy groups -OCH3 is 2. The van der Waals surface area contributed by atoms with E-state index < -0.39 is 5.97 Å². The molecule has 0 atom stereocenters. The van der Waals surface area contributed by atoms with E-state index in [4.69, 9.17) is 4.74 Å². The van der Waals surface area contributed by atoms with E-state index in [2.05, 4.69) is 14.7 Å². The van der Waals surface area contributed by atoms with Gasteiger partial charge in [-0.05, 0) is 0 Å². The van der Waals surface area contributed by atoms with Gasteiger partial charge in [-0.3, -0.25) is 0 Å². The van der Waals surface area contributed by atoms with Crippen LogP contribution < -0.4 is 4.74 Å². The highest BCUT2D eigenvalue weighted by molar-refractivity contribution is 5.88. The summed E-state index contributed by atoms with van der Waals surface area (Å²) in [5.74, 6) is -0.461. The van der Waals surface area contributed by atoms with Crippen molar-refractivity contribution in [3.63, 3.8) is 0 Å². The van der Waals surface area contributed by atoms with Crippen molar-refractivity contribution in [1.82, 2.24) is 9.97 Å². The minimum absolute atomic E-state index is 0.225. The molecule has 0 saturated heterocycles. The highest BCUT2D eigenvalue weighted by Crippen LogP contribution is 2.02. The van der Waals surface area contributed by atoms with E-state index in [-0.39, 0.29) is 6.01 Å². The molecule has 1 aromatic heterocycles. The van der Waals surface area contributed by atoms with Gasteiger partial charge in [0, 0.05) is 12.4 Å². The molecule has 1 aromatic rings. The van der Waals surface area contributed by atoms with Crippen LogP contribution in [0.1, 0.15) is 10.4 Å². The van der Waals surface area contributed by atoms with Crippen LogP contribution in [-0.4, -0.2) is 30.2 Å². The highest BCUT2D eigenvalue weighted by Gasteiger charge is 2.05. The Morgan fingerprint density at radius 3 is 2.42 bits per heavy atom. The number of nitrogens with zero attached hydrogens (tertiary/aromatic N) is 2. The first kappa shape index (κ1) is 8.45. The number of rotatable bonds is 2. The van der Waals surface area contributed by atoms with Crippen LogP contribution in [0.3, 0.4) is 0 Å². The summed E-state index contributed by atoms with van der Waals surface area (Å²) in [4.78, 5) is 18.3. The van der Waals surface area contributed by atoms with Gasteiger partial charge in [0.1, 0.15) is 0 Å². The quantitative estimate of drug-likeness (QED) is 0.596. The Bertz CT molecular complexity index is 270. The third kappa shape index (κ3) is 1.69. The summed E-state index contributed by atoms with van der Waals surface area (Å²) >= 11 is 0. The molecule has 0 unspecified atom stereocenters. The van der Waals surface area contributed by atoms with E-state index >= 15 is 0 Å². The Hall–Kier alpha value is -1.65. The molecule has 0 saturated carbocycles. The second kappa shape index (κ2) is 3.66. The van der Waals surface area contributed by atoms with Crippen molar-refractivity contribution < 1.29 is 14.3 Å². The fraction of sp³-hybridized carbons (Fsp3) is 0.286. The molecule has 0 bridgehead atoms. The Balaban J connectivity index is 2.84. The summed E-state index contributed by atoms with van der Waals surface area (Å²) in [6.07, 6.45) is 2.69. The molecule has 0 aliphatic carbocycles. The van der Waals surface area contributed by atoms with E-state index in [9.17, 15) is 4.79 Å². The van der Waals surface area contributed by atoms with E-state index in [0.717, 1.165) is 0 Å². The van der Waals surface area contributed by atoms with Crippen molar-refractivity contribution >= 4 is 5.97 Å². The second-order valence-corrected chi connectivity index (χ2v) is 1.95. The van der Waals surface area contributed by atoms with Crippen LogP contribution in [-0.2, 0) is 4.74 Å². The van der Waals surface area contributed by atoms with Gasteiger partial charge in [0.05, 0.1) is 19.8 Å². The maximum atomic E-state index is 10.9. The van der Waals surface area contributed by atoms with Gasteiger partial charge in [-0.1, -0.05) is 0 Å². The van der Waals surface area contributed by atoms with Gasteiger partial charge in [-0.25, -0.2) is 14.8 Å². The summed E-state index contributed by atoms with van der Waals surface area (Å²) < 4.78 is 9.16. The van der Waals surface area contributed by atoms with E-state index in [1.165, 1.54) is 26.6 Å². The molecule has 12 heavy (non-hydrogen) atoms. The van der Waals surface area contributed by atoms with E-state index in [1.807, 2.05) is 0 Å². The molecule has 1 heterocycles. The molecule has 0 spiro atoms. The van der Waals surface area contributed by atoms with Gasteiger partial charge in [0.25, 0.3) is 0 Å². The largest absolute Gasteiger partial charge is 0.467 e. The average Bonchev–Trinajstić information content (AvgIpc) is 2.17. The smallest absolute Gasteiger partial charge is 0.341 e. The van der Waals surface area contributed by atoms with Crippen molar-refractivity contribution in [2.45, 2.75) is 0 Å². The first-order chi connectivity index (χ1) is 5.77. The van der Waals surface area contributed by atoms with E-state index in [1.54, 1.807) is 0 Å². The number of esters is 1. The van der Waals surface area contributed by atoms with Crippen LogP contribution in [0, 0.1) is 0 Å². The van der Waals surface area contributed by atoms with Crippen molar-refractivity contribution in [2.75, 3.05) is 14.2 Å². The standard InChI is InChI=1S/C7H8N2O3/c1-11-6(10)5-3-8-7(12-2)9-4-5/h3-4H,1-2H3/i7+2. The summed E-state index contributed by atoms with van der Waals surface area (Å²) in [6, 6.07) is 0.225. The lowest BCUT2D eigenvalue weighted by Gasteiger charge is -1.98. The first-order valence-corrected chi connectivity index (χ1v) is 3.22. The van der Waals surface area contributed by atoms with Crippen LogP contribution >= 0.6 is 0 Å². The van der Waals surface area contributed by atoms with Crippen LogP contribution in [0.15, 0.2) is 12.4 Å². The molecule has 1 rings (SSSR count). The fourth-order valence-electron chi connectivity index (χ4n) is 0.645. The molecule has 0 aliphatic heterocycles. The molecule has 0 radical (unpaired) electrons. The summed E-state index contributed by atoms with van der Waals surface area (Å²) in [7, 11) is 2.75. The normalized spacial score (nSPS) is 9.17. The van der Waals surface area contributed by atoms with Gasteiger partial charge >= 0.3 is 12.0 Å². The Morgan fingerprint density at radius 2 is 2.00 bits per heavy atom. The number of carbonyl (C=O) groups excluding carboxylic acids is 1. The number of ether oxygens (including phenoxy) is 2. The van der Waals surface area contributed by atoms with E-state index in [0.29, 0.717) is 5.56 Å². The van der Waals surface area contributed by atoms with Crippen molar-refractivity contribution in [2.24, 2.45) is 0 Å². The summed E-state index contributed by atoms with van der Waals surface area (Å²) in [5.41, 5.74) is 0.304. The Morgan fingerprint density at radius 1 is 1.42 bits per heavy atom.